The third-order valence-corrected chi connectivity index (χ3v) is 4.09. The van der Waals surface area contributed by atoms with Crippen LogP contribution < -0.4 is 5.73 Å². The zero-order chi connectivity index (χ0) is 10.7. The van der Waals surface area contributed by atoms with Crippen LogP contribution in [0.1, 0.15) is 17.7 Å². The van der Waals surface area contributed by atoms with Crippen LogP contribution in [0, 0.1) is 0 Å². The monoisotopic (exact) mass is 224 g/mol. The predicted octanol–water partition coefficient (Wildman–Crippen LogP) is 1.60. The Balaban J connectivity index is 2.05. The van der Waals surface area contributed by atoms with E-state index in [-0.39, 0.29) is 6.04 Å². The van der Waals surface area contributed by atoms with Crippen molar-refractivity contribution in [3.63, 3.8) is 0 Å². The van der Waals surface area contributed by atoms with Gasteiger partial charge in [-0.2, -0.15) is 0 Å². The SMILES string of the molecule is CC(N)C(SC1COC1)c1cccnc1. The van der Waals surface area contributed by atoms with Gasteiger partial charge in [0.15, 0.2) is 0 Å². The maximum Gasteiger partial charge on any atom is 0.0608 e. The molecule has 2 rings (SSSR count). The van der Waals surface area contributed by atoms with E-state index in [2.05, 4.69) is 11.1 Å². The van der Waals surface area contributed by atoms with Gasteiger partial charge in [-0.3, -0.25) is 4.98 Å². The summed E-state index contributed by atoms with van der Waals surface area (Å²) < 4.78 is 5.17. The van der Waals surface area contributed by atoms with Gasteiger partial charge in [0.1, 0.15) is 0 Å². The van der Waals surface area contributed by atoms with Gasteiger partial charge in [-0.05, 0) is 18.6 Å². The van der Waals surface area contributed by atoms with Crippen molar-refractivity contribution in [3.05, 3.63) is 30.1 Å². The van der Waals surface area contributed by atoms with Crippen LogP contribution in [0.5, 0.6) is 0 Å². The van der Waals surface area contributed by atoms with E-state index in [9.17, 15) is 0 Å². The molecule has 0 bridgehead atoms. The van der Waals surface area contributed by atoms with E-state index in [0.29, 0.717) is 10.5 Å². The average molecular weight is 224 g/mol. The van der Waals surface area contributed by atoms with E-state index in [4.69, 9.17) is 10.5 Å². The Labute approximate surface area is 94.4 Å². The maximum atomic E-state index is 6.01. The van der Waals surface area contributed by atoms with Crippen molar-refractivity contribution in [3.8, 4) is 0 Å². The highest BCUT2D eigenvalue weighted by Crippen LogP contribution is 2.36. The zero-order valence-corrected chi connectivity index (χ0v) is 9.61. The smallest absolute Gasteiger partial charge is 0.0608 e. The summed E-state index contributed by atoms with van der Waals surface area (Å²) >= 11 is 1.90. The lowest BCUT2D eigenvalue weighted by molar-refractivity contribution is 0.0452. The molecule has 4 heteroatoms. The molecule has 3 nitrogen and oxygen atoms in total. The molecule has 1 fully saturated rings. The maximum absolute atomic E-state index is 6.01. The number of aromatic nitrogens is 1. The number of hydrogen-bond acceptors (Lipinski definition) is 4. The molecule has 1 saturated heterocycles. The summed E-state index contributed by atoms with van der Waals surface area (Å²) in [5.41, 5.74) is 7.22. The predicted molar refractivity (Wildman–Crippen MR) is 62.8 cm³/mol. The summed E-state index contributed by atoms with van der Waals surface area (Å²) in [7, 11) is 0. The second-order valence-corrected chi connectivity index (χ2v) is 5.31. The van der Waals surface area contributed by atoms with E-state index in [0.717, 1.165) is 13.2 Å². The second-order valence-electron chi connectivity index (χ2n) is 3.86. The molecule has 82 valence electrons. The molecule has 0 aliphatic carbocycles. The van der Waals surface area contributed by atoms with Gasteiger partial charge < -0.3 is 10.5 Å². The van der Waals surface area contributed by atoms with Crippen molar-refractivity contribution < 1.29 is 4.74 Å². The molecule has 0 radical (unpaired) electrons. The fourth-order valence-corrected chi connectivity index (χ4v) is 2.86. The Morgan fingerprint density at radius 1 is 1.60 bits per heavy atom. The fourth-order valence-electron chi connectivity index (χ4n) is 1.55. The minimum absolute atomic E-state index is 0.139. The Morgan fingerprint density at radius 2 is 2.40 bits per heavy atom. The number of nitrogens with zero attached hydrogens (tertiary/aromatic N) is 1. The number of nitrogens with two attached hydrogens (primary N) is 1. The molecule has 0 amide bonds. The topological polar surface area (TPSA) is 48.1 Å². The third kappa shape index (κ3) is 2.71. The molecule has 1 aliphatic rings. The van der Waals surface area contributed by atoms with Crippen LogP contribution >= 0.6 is 11.8 Å². The highest BCUT2D eigenvalue weighted by Gasteiger charge is 2.26. The summed E-state index contributed by atoms with van der Waals surface area (Å²) in [6.45, 7) is 3.76. The van der Waals surface area contributed by atoms with Gasteiger partial charge in [-0.25, -0.2) is 0 Å². The normalized spacial score (nSPS) is 20.7. The van der Waals surface area contributed by atoms with E-state index in [1.54, 1.807) is 6.20 Å². The van der Waals surface area contributed by atoms with Crippen molar-refractivity contribution in [2.24, 2.45) is 5.73 Å². The van der Waals surface area contributed by atoms with Gasteiger partial charge in [0, 0.05) is 23.7 Å². The molecule has 2 atom stereocenters. The first kappa shape index (κ1) is 10.9. The number of ether oxygens (including phenoxy) is 1. The molecule has 0 aromatic carbocycles. The third-order valence-electron chi connectivity index (χ3n) is 2.44. The first-order valence-electron chi connectivity index (χ1n) is 5.16. The molecular formula is C11H16N2OS. The molecule has 0 spiro atoms. The fraction of sp³-hybridized carbons (Fsp3) is 0.545. The lowest BCUT2D eigenvalue weighted by atomic mass is 10.1. The highest BCUT2D eigenvalue weighted by molar-refractivity contribution is 8.00. The molecule has 0 saturated carbocycles. The van der Waals surface area contributed by atoms with Crippen LogP contribution in [0.4, 0.5) is 0 Å². The average Bonchev–Trinajstić information content (AvgIpc) is 2.17. The van der Waals surface area contributed by atoms with Crippen LogP contribution in [-0.2, 0) is 4.74 Å². The molecule has 2 heterocycles. The summed E-state index contributed by atoms with van der Waals surface area (Å²) in [6.07, 6.45) is 3.69. The highest BCUT2D eigenvalue weighted by atomic mass is 32.2. The lowest BCUT2D eigenvalue weighted by Gasteiger charge is -2.31. The molecule has 1 aliphatic heterocycles. The minimum Gasteiger partial charge on any atom is -0.379 e. The first-order chi connectivity index (χ1) is 7.27. The van der Waals surface area contributed by atoms with Crippen LogP contribution in [0.25, 0.3) is 0 Å². The van der Waals surface area contributed by atoms with Gasteiger partial charge >= 0.3 is 0 Å². The molecule has 1 aromatic heterocycles. The minimum atomic E-state index is 0.139. The zero-order valence-electron chi connectivity index (χ0n) is 8.80. The van der Waals surface area contributed by atoms with Crippen LogP contribution in [0.3, 0.4) is 0 Å². The van der Waals surface area contributed by atoms with Crippen molar-refractivity contribution in [1.82, 2.24) is 4.98 Å². The van der Waals surface area contributed by atoms with Crippen LogP contribution in [0.15, 0.2) is 24.5 Å². The number of rotatable bonds is 4. The Hall–Kier alpha value is -0.580. The summed E-state index contributed by atoms with van der Waals surface area (Å²) in [6, 6.07) is 4.19. The number of hydrogen-bond donors (Lipinski definition) is 1. The molecule has 1 aromatic rings. The first-order valence-corrected chi connectivity index (χ1v) is 6.10. The molecule has 2 N–H and O–H groups in total. The summed E-state index contributed by atoms with van der Waals surface area (Å²) in [5.74, 6) is 0. The largest absolute Gasteiger partial charge is 0.379 e. The van der Waals surface area contributed by atoms with Gasteiger partial charge in [-0.15, -0.1) is 11.8 Å². The second kappa shape index (κ2) is 4.96. The van der Waals surface area contributed by atoms with E-state index >= 15 is 0 Å². The Morgan fingerprint density at radius 3 is 2.87 bits per heavy atom. The Bertz CT molecular complexity index is 301. The van der Waals surface area contributed by atoms with Gasteiger partial charge in [0.2, 0.25) is 0 Å². The van der Waals surface area contributed by atoms with Crippen LogP contribution in [-0.4, -0.2) is 29.5 Å². The van der Waals surface area contributed by atoms with Crippen LogP contribution in [0.2, 0.25) is 0 Å². The van der Waals surface area contributed by atoms with Crippen molar-refractivity contribution in [2.45, 2.75) is 23.5 Å². The number of thioether (sulfide) groups is 1. The Kier molecular flexibility index (Phi) is 3.61. The molecule has 2 unspecified atom stereocenters. The molecule has 15 heavy (non-hydrogen) atoms. The van der Waals surface area contributed by atoms with E-state index in [1.165, 1.54) is 5.56 Å². The molecular weight excluding hydrogens is 208 g/mol. The van der Waals surface area contributed by atoms with E-state index < -0.39 is 0 Å². The van der Waals surface area contributed by atoms with Gasteiger partial charge in [0.25, 0.3) is 0 Å². The van der Waals surface area contributed by atoms with Crippen molar-refractivity contribution >= 4 is 11.8 Å². The standard InChI is InChI=1S/C11H16N2OS/c1-8(12)11(15-10-6-14-7-10)9-3-2-4-13-5-9/h2-5,8,10-11H,6-7,12H2,1H3. The van der Waals surface area contributed by atoms with Gasteiger partial charge in [0.05, 0.1) is 18.5 Å². The number of pyridine rings is 1. The summed E-state index contributed by atoms with van der Waals surface area (Å²) in [4.78, 5) is 4.14. The lowest BCUT2D eigenvalue weighted by Crippen LogP contribution is -2.34. The van der Waals surface area contributed by atoms with E-state index in [1.807, 2.05) is 30.9 Å². The summed E-state index contributed by atoms with van der Waals surface area (Å²) in [5, 5.41) is 0.925. The van der Waals surface area contributed by atoms with Crippen molar-refractivity contribution in [1.29, 1.82) is 0 Å². The van der Waals surface area contributed by atoms with Crippen molar-refractivity contribution in [2.75, 3.05) is 13.2 Å². The van der Waals surface area contributed by atoms with Gasteiger partial charge in [-0.1, -0.05) is 6.07 Å². The quantitative estimate of drug-likeness (QED) is 0.844.